The molecule has 0 aromatic carbocycles. The number of rotatable bonds is 4. The molecular formula is C14H24N2S. The van der Waals surface area contributed by atoms with Crippen LogP contribution in [-0.4, -0.2) is 36.1 Å². The first-order valence-electron chi connectivity index (χ1n) is 6.64. The second kappa shape index (κ2) is 5.51. The van der Waals surface area contributed by atoms with Crippen molar-refractivity contribution >= 4 is 11.3 Å². The van der Waals surface area contributed by atoms with Gasteiger partial charge < -0.3 is 5.32 Å². The van der Waals surface area contributed by atoms with Crippen molar-refractivity contribution in [2.24, 2.45) is 0 Å². The van der Waals surface area contributed by atoms with Gasteiger partial charge in [-0.1, -0.05) is 13.0 Å². The van der Waals surface area contributed by atoms with E-state index in [1.807, 2.05) is 11.3 Å². The molecule has 1 aromatic heterocycles. The van der Waals surface area contributed by atoms with Gasteiger partial charge in [0.1, 0.15) is 0 Å². The van der Waals surface area contributed by atoms with E-state index in [-0.39, 0.29) is 0 Å². The Morgan fingerprint density at radius 2 is 2.41 bits per heavy atom. The van der Waals surface area contributed by atoms with Crippen LogP contribution in [0.2, 0.25) is 0 Å². The average molecular weight is 252 g/mol. The standard InChI is InChI=1S/C14H24N2S/c1-4-14(3)11-16(8-7-15-14)12(2)10-13-6-5-9-17-13/h5-6,9,12,15H,4,7-8,10-11H2,1-3H3. The fourth-order valence-corrected chi connectivity index (χ4v) is 3.37. The Kier molecular flexibility index (Phi) is 4.23. The second-order valence-electron chi connectivity index (χ2n) is 5.44. The molecule has 2 atom stereocenters. The minimum Gasteiger partial charge on any atom is -0.309 e. The van der Waals surface area contributed by atoms with Crippen LogP contribution in [-0.2, 0) is 6.42 Å². The van der Waals surface area contributed by atoms with E-state index >= 15 is 0 Å². The van der Waals surface area contributed by atoms with Crippen LogP contribution in [0.15, 0.2) is 17.5 Å². The van der Waals surface area contributed by atoms with Crippen LogP contribution in [0.4, 0.5) is 0 Å². The number of hydrogen-bond donors (Lipinski definition) is 1. The molecule has 1 N–H and O–H groups in total. The number of hydrogen-bond acceptors (Lipinski definition) is 3. The van der Waals surface area contributed by atoms with Crippen molar-refractivity contribution in [3.8, 4) is 0 Å². The third-order valence-electron chi connectivity index (χ3n) is 3.98. The first-order chi connectivity index (χ1) is 8.13. The van der Waals surface area contributed by atoms with Gasteiger partial charge >= 0.3 is 0 Å². The lowest BCUT2D eigenvalue weighted by Gasteiger charge is -2.43. The predicted octanol–water partition coefficient (Wildman–Crippen LogP) is 2.75. The number of thiophene rings is 1. The van der Waals surface area contributed by atoms with Crippen LogP contribution in [0.1, 0.15) is 32.1 Å². The van der Waals surface area contributed by atoms with E-state index in [0.717, 1.165) is 6.54 Å². The lowest BCUT2D eigenvalue weighted by atomic mass is 9.94. The quantitative estimate of drug-likeness (QED) is 0.886. The van der Waals surface area contributed by atoms with Gasteiger partial charge in [-0.25, -0.2) is 0 Å². The molecule has 0 amide bonds. The van der Waals surface area contributed by atoms with Gasteiger partial charge in [-0.3, -0.25) is 4.90 Å². The zero-order chi connectivity index (χ0) is 12.3. The lowest BCUT2D eigenvalue weighted by molar-refractivity contribution is 0.105. The van der Waals surface area contributed by atoms with Crippen molar-refractivity contribution in [2.75, 3.05) is 19.6 Å². The molecule has 2 heterocycles. The molecule has 1 aromatic rings. The van der Waals surface area contributed by atoms with Crippen molar-refractivity contribution in [2.45, 2.75) is 45.2 Å². The zero-order valence-electron chi connectivity index (χ0n) is 11.2. The van der Waals surface area contributed by atoms with Gasteiger partial charge in [-0.05, 0) is 38.1 Å². The fourth-order valence-electron chi connectivity index (χ4n) is 2.55. The van der Waals surface area contributed by atoms with E-state index in [4.69, 9.17) is 0 Å². The Balaban J connectivity index is 1.93. The molecule has 2 rings (SSSR count). The van der Waals surface area contributed by atoms with Gasteiger partial charge in [0.05, 0.1) is 0 Å². The molecular weight excluding hydrogens is 228 g/mol. The highest BCUT2D eigenvalue weighted by molar-refractivity contribution is 7.09. The number of nitrogens with zero attached hydrogens (tertiary/aromatic N) is 1. The van der Waals surface area contributed by atoms with Crippen molar-refractivity contribution in [1.29, 1.82) is 0 Å². The predicted molar refractivity (Wildman–Crippen MR) is 75.8 cm³/mol. The molecule has 2 nitrogen and oxygen atoms in total. The molecule has 1 aliphatic heterocycles. The van der Waals surface area contributed by atoms with Crippen molar-refractivity contribution in [1.82, 2.24) is 10.2 Å². The van der Waals surface area contributed by atoms with Crippen LogP contribution in [0, 0.1) is 0 Å². The Labute approximate surface area is 109 Å². The van der Waals surface area contributed by atoms with Gasteiger partial charge in [-0.2, -0.15) is 0 Å². The molecule has 0 radical (unpaired) electrons. The van der Waals surface area contributed by atoms with Crippen molar-refractivity contribution in [3.63, 3.8) is 0 Å². The highest BCUT2D eigenvalue weighted by Crippen LogP contribution is 2.20. The van der Waals surface area contributed by atoms with Crippen LogP contribution < -0.4 is 5.32 Å². The molecule has 1 saturated heterocycles. The molecule has 3 heteroatoms. The summed E-state index contributed by atoms with van der Waals surface area (Å²) in [6.45, 7) is 10.5. The summed E-state index contributed by atoms with van der Waals surface area (Å²) in [6.07, 6.45) is 2.40. The van der Waals surface area contributed by atoms with E-state index < -0.39 is 0 Å². The van der Waals surface area contributed by atoms with Gasteiger partial charge in [0, 0.05) is 36.1 Å². The summed E-state index contributed by atoms with van der Waals surface area (Å²) in [4.78, 5) is 4.15. The van der Waals surface area contributed by atoms with Crippen molar-refractivity contribution in [3.05, 3.63) is 22.4 Å². The summed E-state index contributed by atoms with van der Waals surface area (Å²) in [5, 5.41) is 5.83. The average Bonchev–Trinajstić information content (AvgIpc) is 2.82. The summed E-state index contributed by atoms with van der Waals surface area (Å²) in [5.41, 5.74) is 0.307. The summed E-state index contributed by atoms with van der Waals surface area (Å²) in [5.74, 6) is 0. The summed E-state index contributed by atoms with van der Waals surface area (Å²) >= 11 is 1.88. The molecule has 96 valence electrons. The highest BCUT2D eigenvalue weighted by atomic mass is 32.1. The van der Waals surface area contributed by atoms with Gasteiger partial charge in [0.15, 0.2) is 0 Å². The van der Waals surface area contributed by atoms with E-state index in [1.165, 1.54) is 30.8 Å². The SMILES string of the molecule is CCC1(C)CN(C(C)Cc2cccs2)CCN1. The summed E-state index contributed by atoms with van der Waals surface area (Å²) in [7, 11) is 0. The van der Waals surface area contributed by atoms with E-state index in [1.54, 1.807) is 0 Å². The maximum atomic E-state index is 3.65. The molecule has 17 heavy (non-hydrogen) atoms. The third kappa shape index (κ3) is 3.30. The van der Waals surface area contributed by atoms with Crippen LogP contribution >= 0.6 is 11.3 Å². The van der Waals surface area contributed by atoms with E-state index in [0.29, 0.717) is 11.6 Å². The van der Waals surface area contributed by atoms with Crippen LogP contribution in [0.25, 0.3) is 0 Å². The zero-order valence-corrected chi connectivity index (χ0v) is 12.0. The van der Waals surface area contributed by atoms with Crippen LogP contribution in [0.3, 0.4) is 0 Å². The second-order valence-corrected chi connectivity index (χ2v) is 6.48. The molecule has 0 spiro atoms. The summed E-state index contributed by atoms with van der Waals surface area (Å²) < 4.78 is 0. The van der Waals surface area contributed by atoms with Crippen molar-refractivity contribution < 1.29 is 0 Å². The highest BCUT2D eigenvalue weighted by Gasteiger charge is 2.30. The third-order valence-corrected chi connectivity index (χ3v) is 4.88. The van der Waals surface area contributed by atoms with Crippen LogP contribution in [0.5, 0.6) is 0 Å². The normalized spacial score (nSPS) is 28.2. The Hall–Kier alpha value is -0.380. The molecule has 1 fully saturated rings. The minimum absolute atomic E-state index is 0.307. The smallest absolute Gasteiger partial charge is 0.0278 e. The Bertz CT molecular complexity index is 336. The molecule has 0 aliphatic carbocycles. The lowest BCUT2D eigenvalue weighted by Crippen LogP contribution is -2.60. The number of nitrogens with one attached hydrogen (secondary N) is 1. The van der Waals surface area contributed by atoms with Gasteiger partial charge in [0.2, 0.25) is 0 Å². The number of piperazine rings is 1. The maximum Gasteiger partial charge on any atom is 0.0278 e. The van der Waals surface area contributed by atoms with Gasteiger partial charge in [0.25, 0.3) is 0 Å². The molecule has 0 saturated carbocycles. The van der Waals surface area contributed by atoms with Gasteiger partial charge in [-0.15, -0.1) is 11.3 Å². The first kappa shape index (κ1) is 13.1. The van der Waals surface area contributed by atoms with E-state index in [2.05, 4.69) is 48.5 Å². The first-order valence-corrected chi connectivity index (χ1v) is 7.52. The monoisotopic (exact) mass is 252 g/mol. The minimum atomic E-state index is 0.307. The molecule has 1 aliphatic rings. The largest absolute Gasteiger partial charge is 0.309 e. The Morgan fingerprint density at radius 3 is 3.06 bits per heavy atom. The Morgan fingerprint density at radius 1 is 1.59 bits per heavy atom. The molecule has 2 unspecified atom stereocenters. The van der Waals surface area contributed by atoms with E-state index in [9.17, 15) is 0 Å². The maximum absolute atomic E-state index is 3.65. The fraction of sp³-hybridized carbons (Fsp3) is 0.714. The molecule has 0 bridgehead atoms. The summed E-state index contributed by atoms with van der Waals surface area (Å²) in [6, 6.07) is 5.06. The topological polar surface area (TPSA) is 15.3 Å².